The molecule has 1 fully saturated rings. The zero-order valence-corrected chi connectivity index (χ0v) is 16.5. The molecular formula is C22H29N3O3. The lowest BCUT2D eigenvalue weighted by molar-refractivity contribution is -0.116. The number of nitrogens with zero attached hydrogens (tertiary/aromatic N) is 2. The topological polar surface area (TPSA) is 54.0 Å². The second-order valence-corrected chi connectivity index (χ2v) is 6.84. The molecule has 2 aromatic rings. The molecule has 0 spiro atoms. The van der Waals surface area contributed by atoms with Crippen LogP contribution in [0.2, 0.25) is 0 Å². The predicted molar refractivity (Wildman–Crippen MR) is 111 cm³/mol. The maximum atomic E-state index is 12.2. The van der Waals surface area contributed by atoms with Crippen molar-refractivity contribution in [2.24, 2.45) is 0 Å². The zero-order chi connectivity index (χ0) is 19.6. The molecule has 28 heavy (non-hydrogen) atoms. The van der Waals surface area contributed by atoms with Gasteiger partial charge in [0, 0.05) is 45.7 Å². The molecule has 0 bridgehead atoms. The van der Waals surface area contributed by atoms with Gasteiger partial charge in [-0.3, -0.25) is 9.69 Å². The van der Waals surface area contributed by atoms with Crippen molar-refractivity contribution >= 4 is 11.6 Å². The van der Waals surface area contributed by atoms with E-state index in [1.165, 1.54) is 0 Å². The molecule has 3 rings (SSSR count). The minimum atomic E-state index is 0.0168. The molecule has 1 amide bonds. The molecule has 150 valence electrons. The van der Waals surface area contributed by atoms with E-state index in [4.69, 9.17) is 9.47 Å². The van der Waals surface area contributed by atoms with Gasteiger partial charge in [0.25, 0.3) is 0 Å². The Balaban J connectivity index is 1.31. The van der Waals surface area contributed by atoms with E-state index in [9.17, 15) is 4.79 Å². The third-order valence-corrected chi connectivity index (χ3v) is 4.92. The van der Waals surface area contributed by atoms with Crippen LogP contribution in [0.4, 0.5) is 5.69 Å². The Bertz CT molecular complexity index is 731. The SMILES string of the molecule is COc1ccccc1NC(=O)CCN1CCN(CCOc2ccccc2)CC1. The number of anilines is 1. The number of ether oxygens (including phenoxy) is 2. The third kappa shape index (κ3) is 6.25. The van der Waals surface area contributed by atoms with Crippen LogP contribution in [0.25, 0.3) is 0 Å². The second-order valence-electron chi connectivity index (χ2n) is 6.84. The summed E-state index contributed by atoms with van der Waals surface area (Å²) in [6.07, 6.45) is 0.481. The van der Waals surface area contributed by atoms with Gasteiger partial charge in [-0.1, -0.05) is 30.3 Å². The van der Waals surface area contributed by atoms with Crippen LogP contribution in [0.1, 0.15) is 6.42 Å². The smallest absolute Gasteiger partial charge is 0.225 e. The van der Waals surface area contributed by atoms with Crippen molar-refractivity contribution in [1.29, 1.82) is 0 Å². The number of amides is 1. The molecule has 1 heterocycles. The number of piperazine rings is 1. The first-order valence-electron chi connectivity index (χ1n) is 9.80. The van der Waals surface area contributed by atoms with Crippen LogP contribution in [-0.2, 0) is 4.79 Å². The van der Waals surface area contributed by atoms with Crippen LogP contribution in [0, 0.1) is 0 Å². The van der Waals surface area contributed by atoms with E-state index in [0.717, 1.165) is 50.7 Å². The molecule has 0 radical (unpaired) electrons. The Labute approximate surface area is 167 Å². The minimum Gasteiger partial charge on any atom is -0.495 e. The van der Waals surface area contributed by atoms with Crippen molar-refractivity contribution in [2.75, 3.05) is 58.3 Å². The molecule has 1 N–H and O–H groups in total. The molecule has 6 nitrogen and oxygen atoms in total. The number of para-hydroxylation sites is 3. The highest BCUT2D eigenvalue weighted by molar-refractivity contribution is 5.92. The lowest BCUT2D eigenvalue weighted by Gasteiger charge is -2.34. The van der Waals surface area contributed by atoms with Gasteiger partial charge in [0.2, 0.25) is 5.91 Å². The number of carbonyl (C=O) groups excluding carboxylic acids is 1. The molecule has 6 heteroatoms. The molecule has 0 atom stereocenters. The Hall–Kier alpha value is -2.57. The largest absolute Gasteiger partial charge is 0.495 e. The molecule has 0 aliphatic carbocycles. The van der Waals surface area contributed by atoms with Gasteiger partial charge >= 0.3 is 0 Å². The van der Waals surface area contributed by atoms with Crippen molar-refractivity contribution in [1.82, 2.24) is 9.80 Å². The van der Waals surface area contributed by atoms with Crippen molar-refractivity contribution in [3.63, 3.8) is 0 Å². The van der Waals surface area contributed by atoms with Gasteiger partial charge < -0.3 is 19.7 Å². The van der Waals surface area contributed by atoms with Crippen molar-refractivity contribution in [3.05, 3.63) is 54.6 Å². The first-order chi connectivity index (χ1) is 13.7. The highest BCUT2D eigenvalue weighted by Crippen LogP contribution is 2.23. The highest BCUT2D eigenvalue weighted by atomic mass is 16.5. The fourth-order valence-corrected chi connectivity index (χ4v) is 3.27. The average Bonchev–Trinajstić information content (AvgIpc) is 2.74. The Kier molecular flexibility index (Phi) is 7.70. The van der Waals surface area contributed by atoms with E-state index in [2.05, 4.69) is 15.1 Å². The van der Waals surface area contributed by atoms with Gasteiger partial charge in [0.05, 0.1) is 12.8 Å². The third-order valence-electron chi connectivity index (χ3n) is 4.92. The monoisotopic (exact) mass is 383 g/mol. The van der Waals surface area contributed by atoms with E-state index in [0.29, 0.717) is 18.8 Å². The summed E-state index contributed by atoms with van der Waals surface area (Å²) in [6.45, 7) is 6.37. The summed E-state index contributed by atoms with van der Waals surface area (Å²) in [7, 11) is 1.61. The van der Waals surface area contributed by atoms with Gasteiger partial charge in [0.1, 0.15) is 18.1 Å². The Morgan fingerprint density at radius 3 is 2.29 bits per heavy atom. The number of nitrogens with one attached hydrogen (secondary N) is 1. The number of rotatable bonds is 9. The van der Waals surface area contributed by atoms with Crippen LogP contribution in [0.3, 0.4) is 0 Å². The summed E-state index contributed by atoms with van der Waals surface area (Å²) in [4.78, 5) is 17.0. The first kappa shape index (κ1) is 20.2. The number of methoxy groups -OCH3 is 1. The number of carbonyl (C=O) groups is 1. The van der Waals surface area contributed by atoms with Crippen LogP contribution in [-0.4, -0.2) is 68.7 Å². The zero-order valence-electron chi connectivity index (χ0n) is 16.5. The summed E-state index contributed by atoms with van der Waals surface area (Å²) in [6, 6.07) is 17.4. The quantitative estimate of drug-likeness (QED) is 0.722. The van der Waals surface area contributed by atoms with Crippen molar-refractivity contribution in [2.45, 2.75) is 6.42 Å². The summed E-state index contributed by atoms with van der Waals surface area (Å²) in [5.74, 6) is 1.62. The summed E-state index contributed by atoms with van der Waals surface area (Å²) < 4.78 is 11.0. The predicted octanol–water partition coefficient (Wildman–Crippen LogP) is 2.72. The fourth-order valence-electron chi connectivity index (χ4n) is 3.27. The highest BCUT2D eigenvalue weighted by Gasteiger charge is 2.17. The van der Waals surface area contributed by atoms with Gasteiger partial charge in [-0.2, -0.15) is 0 Å². The summed E-state index contributed by atoms with van der Waals surface area (Å²) >= 11 is 0. The van der Waals surface area contributed by atoms with Crippen LogP contribution >= 0.6 is 0 Å². The summed E-state index contributed by atoms with van der Waals surface area (Å²) in [5.41, 5.74) is 0.721. The molecule has 2 aromatic carbocycles. The maximum absolute atomic E-state index is 12.2. The lowest BCUT2D eigenvalue weighted by Crippen LogP contribution is -2.48. The lowest BCUT2D eigenvalue weighted by atomic mass is 10.2. The molecule has 1 aliphatic rings. The molecule has 1 saturated heterocycles. The van der Waals surface area contributed by atoms with E-state index in [1.54, 1.807) is 7.11 Å². The normalized spacial score (nSPS) is 15.2. The maximum Gasteiger partial charge on any atom is 0.225 e. The molecule has 0 aromatic heterocycles. The van der Waals surface area contributed by atoms with Crippen LogP contribution in [0.5, 0.6) is 11.5 Å². The first-order valence-corrected chi connectivity index (χ1v) is 9.80. The van der Waals surface area contributed by atoms with Gasteiger partial charge in [-0.25, -0.2) is 0 Å². The van der Waals surface area contributed by atoms with Crippen molar-refractivity contribution < 1.29 is 14.3 Å². The standard InChI is InChI=1S/C22H29N3O3/c1-27-21-10-6-5-9-20(21)23-22(26)11-12-24-13-15-25(16-14-24)17-18-28-19-7-3-2-4-8-19/h2-10H,11-18H2,1H3,(H,23,26). The number of hydrogen-bond donors (Lipinski definition) is 1. The molecule has 1 aliphatic heterocycles. The van der Waals surface area contributed by atoms with Crippen LogP contribution in [0.15, 0.2) is 54.6 Å². The van der Waals surface area contributed by atoms with E-state index >= 15 is 0 Å². The van der Waals surface area contributed by atoms with Gasteiger partial charge in [0.15, 0.2) is 0 Å². The van der Waals surface area contributed by atoms with E-state index in [1.807, 2.05) is 54.6 Å². The molecular weight excluding hydrogens is 354 g/mol. The summed E-state index contributed by atoms with van der Waals surface area (Å²) in [5, 5.41) is 2.94. The Morgan fingerprint density at radius 1 is 0.929 bits per heavy atom. The molecule has 0 saturated carbocycles. The number of hydrogen-bond acceptors (Lipinski definition) is 5. The van der Waals surface area contributed by atoms with Gasteiger partial charge in [-0.15, -0.1) is 0 Å². The fraction of sp³-hybridized carbons (Fsp3) is 0.409. The minimum absolute atomic E-state index is 0.0168. The van der Waals surface area contributed by atoms with Gasteiger partial charge in [-0.05, 0) is 24.3 Å². The molecule has 0 unspecified atom stereocenters. The van der Waals surface area contributed by atoms with E-state index < -0.39 is 0 Å². The van der Waals surface area contributed by atoms with Crippen LogP contribution < -0.4 is 14.8 Å². The van der Waals surface area contributed by atoms with E-state index in [-0.39, 0.29) is 5.91 Å². The Morgan fingerprint density at radius 2 is 1.57 bits per heavy atom. The average molecular weight is 383 g/mol. The van der Waals surface area contributed by atoms with Crippen molar-refractivity contribution in [3.8, 4) is 11.5 Å². The second kappa shape index (κ2) is 10.7. The number of benzene rings is 2.